The van der Waals surface area contributed by atoms with E-state index in [1.807, 2.05) is 10.7 Å². The lowest BCUT2D eigenvalue weighted by atomic mass is 9.93. The molecule has 0 saturated heterocycles. The molecule has 1 fully saturated rings. The molecule has 2 heterocycles. The van der Waals surface area contributed by atoms with E-state index in [0.29, 0.717) is 6.04 Å². The lowest BCUT2D eigenvalue weighted by Gasteiger charge is -2.25. The van der Waals surface area contributed by atoms with E-state index < -0.39 is 0 Å². The molecule has 0 atom stereocenters. The molecule has 4 nitrogen and oxygen atoms in total. The lowest BCUT2D eigenvalue weighted by Crippen LogP contribution is -2.18. The van der Waals surface area contributed by atoms with Gasteiger partial charge < -0.3 is 0 Å². The third-order valence-corrected chi connectivity index (χ3v) is 2.69. The van der Waals surface area contributed by atoms with Gasteiger partial charge in [0.15, 0.2) is 0 Å². The van der Waals surface area contributed by atoms with Crippen molar-refractivity contribution in [1.29, 1.82) is 0 Å². The Morgan fingerprint density at radius 2 is 2.31 bits per heavy atom. The Bertz CT molecular complexity index is 430. The van der Waals surface area contributed by atoms with Crippen LogP contribution in [0.2, 0.25) is 0 Å². The van der Waals surface area contributed by atoms with E-state index in [2.05, 4.69) is 15.3 Å². The first-order valence-corrected chi connectivity index (χ1v) is 4.60. The van der Waals surface area contributed by atoms with E-state index in [4.69, 9.17) is 0 Å². The van der Waals surface area contributed by atoms with Gasteiger partial charge >= 0.3 is 0 Å². The van der Waals surface area contributed by atoms with E-state index in [1.165, 1.54) is 19.3 Å². The molecule has 2 aromatic rings. The zero-order valence-corrected chi connectivity index (χ0v) is 7.22. The molecule has 0 spiro atoms. The van der Waals surface area contributed by atoms with Gasteiger partial charge in [-0.1, -0.05) is 5.21 Å². The third-order valence-electron chi connectivity index (χ3n) is 2.69. The maximum absolute atomic E-state index is 4.14. The van der Waals surface area contributed by atoms with Crippen LogP contribution >= 0.6 is 0 Å². The Labute approximate surface area is 75.6 Å². The Balaban J connectivity index is 2.17. The van der Waals surface area contributed by atoms with E-state index >= 15 is 0 Å². The maximum atomic E-state index is 4.14. The summed E-state index contributed by atoms with van der Waals surface area (Å²) in [6.45, 7) is 0. The molecule has 4 heteroatoms. The molecule has 1 aliphatic rings. The predicted octanol–water partition coefficient (Wildman–Crippen LogP) is 1.55. The second kappa shape index (κ2) is 2.52. The van der Waals surface area contributed by atoms with Crippen molar-refractivity contribution in [2.24, 2.45) is 0 Å². The van der Waals surface area contributed by atoms with Crippen molar-refractivity contribution in [3.8, 4) is 0 Å². The van der Waals surface area contributed by atoms with Gasteiger partial charge in [0, 0.05) is 6.20 Å². The molecule has 0 radical (unpaired) electrons. The first-order chi connectivity index (χ1) is 6.45. The summed E-state index contributed by atoms with van der Waals surface area (Å²) in [6.07, 6.45) is 7.34. The molecule has 1 saturated carbocycles. The fourth-order valence-corrected chi connectivity index (χ4v) is 1.70. The number of fused-ring (bicyclic) bond motifs is 1. The molecule has 1 aliphatic carbocycles. The highest BCUT2D eigenvalue weighted by atomic mass is 15.4. The van der Waals surface area contributed by atoms with Gasteiger partial charge in [-0.05, 0) is 25.3 Å². The largest absolute Gasteiger partial charge is 0.262 e. The Morgan fingerprint density at radius 3 is 3.08 bits per heavy atom. The number of rotatable bonds is 1. The van der Waals surface area contributed by atoms with Crippen LogP contribution in [0.1, 0.15) is 25.3 Å². The highest BCUT2D eigenvalue weighted by Gasteiger charge is 2.21. The summed E-state index contributed by atoms with van der Waals surface area (Å²) in [5, 5.41) is 8.22. The highest BCUT2D eigenvalue weighted by molar-refractivity contribution is 5.72. The molecule has 13 heavy (non-hydrogen) atoms. The Morgan fingerprint density at radius 1 is 1.38 bits per heavy atom. The van der Waals surface area contributed by atoms with Gasteiger partial charge in [-0.2, -0.15) is 0 Å². The van der Waals surface area contributed by atoms with Crippen molar-refractivity contribution < 1.29 is 0 Å². The monoisotopic (exact) mass is 174 g/mol. The summed E-state index contributed by atoms with van der Waals surface area (Å²) in [5.41, 5.74) is 2.01. The van der Waals surface area contributed by atoms with Crippen LogP contribution in [0.4, 0.5) is 0 Å². The molecular formula is C9H10N4. The third kappa shape index (κ3) is 0.946. The van der Waals surface area contributed by atoms with Crippen LogP contribution in [0, 0.1) is 0 Å². The van der Waals surface area contributed by atoms with Crippen molar-refractivity contribution in [3.63, 3.8) is 0 Å². The minimum absolute atomic E-state index is 0.576. The quantitative estimate of drug-likeness (QED) is 0.658. The van der Waals surface area contributed by atoms with Crippen LogP contribution in [-0.2, 0) is 0 Å². The van der Waals surface area contributed by atoms with Crippen LogP contribution in [0.25, 0.3) is 11.0 Å². The van der Waals surface area contributed by atoms with Gasteiger partial charge in [-0.25, -0.2) is 4.68 Å². The predicted molar refractivity (Wildman–Crippen MR) is 48.2 cm³/mol. The average molecular weight is 174 g/mol. The Kier molecular flexibility index (Phi) is 1.36. The molecule has 0 N–H and O–H groups in total. The summed E-state index contributed by atoms with van der Waals surface area (Å²) in [4.78, 5) is 4.01. The average Bonchev–Trinajstić information content (AvgIpc) is 2.47. The molecule has 3 rings (SSSR count). The maximum Gasteiger partial charge on any atom is 0.131 e. The molecule has 0 bridgehead atoms. The van der Waals surface area contributed by atoms with E-state index in [9.17, 15) is 0 Å². The Hall–Kier alpha value is -1.45. The lowest BCUT2D eigenvalue weighted by molar-refractivity contribution is 0.292. The summed E-state index contributed by atoms with van der Waals surface area (Å²) in [7, 11) is 0. The first-order valence-electron chi connectivity index (χ1n) is 4.60. The second-order valence-electron chi connectivity index (χ2n) is 3.48. The first kappa shape index (κ1) is 7.00. The van der Waals surface area contributed by atoms with Crippen LogP contribution < -0.4 is 0 Å². The standard InChI is InChI=1S/C9H10N4/c1-2-7(3-1)13-9-4-5-10-6-8(9)11-12-13/h4-7H,1-3H2. The van der Waals surface area contributed by atoms with E-state index in [1.54, 1.807) is 12.4 Å². The van der Waals surface area contributed by atoms with E-state index in [0.717, 1.165) is 11.0 Å². The molecule has 2 aromatic heterocycles. The second-order valence-corrected chi connectivity index (χ2v) is 3.48. The van der Waals surface area contributed by atoms with Gasteiger partial charge in [0.05, 0.1) is 17.8 Å². The SMILES string of the molecule is c1cc2c(cn1)nnn2C1CCC1. The molecule has 0 aliphatic heterocycles. The number of aromatic nitrogens is 4. The normalized spacial score (nSPS) is 17.5. The molecule has 0 unspecified atom stereocenters. The number of nitrogens with zero attached hydrogens (tertiary/aromatic N) is 4. The van der Waals surface area contributed by atoms with Crippen molar-refractivity contribution in [1.82, 2.24) is 20.0 Å². The van der Waals surface area contributed by atoms with Crippen molar-refractivity contribution in [2.75, 3.05) is 0 Å². The van der Waals surface area contributed by atoms with Crippen molar-refractivity contribution in [2.45, 2.75) is 25.3 Å². The highest BCUT2D eigenvalue weighted by Crippen LogP contribution is 2.32. The van der Waals surface area contributed by atoms with Crippen LogP contribution in [0.5, 0.6) is 0 Å². The van der Waals surface area contributed by atoms with Crippen LogP contribution in [-0.4, -0.2) is 20.0 Å². The smallest absolute Gasteiger partial charge is 0.131 e. The topological polar surface area (TPSA) is 43.6 Å². The number of hydrogen-bond acceptors (Lipinski definition) is 3. The van der Waals surface area contributed by atoms with Gasteiger partial charge in [-0.15, -0.1) is 5.10 Å². The molecular weight excluding hydrogens is 164 g/mol. The fraction of sp³-hybridized carbons (Fsp3) is 0.444. The van der Waals surface area contributed by atoms with Gasteiger partial charge in [0.1, 0.15) is 5.52 Å². The summed E-state index contributed by atoms with van der Waals surface area (Å²) in [6, 6.07) is 2.56. The van der Waals surface area contributed by atoms with Crippen molar-refractivity contribution >= 4 is 11.0 Å². The molecule has 0 aromatic carbocycles. The van der Waals surface area contributed by atoms with Crippen LogP contribution in [0.3, 0.4) is 0 Å². The number of hydrogen-bond donors (Lipinski definition) is 0. The van der Waals surface area contributed by atoms with Gasteiger partial charge in [0.25, 0.3) is 0 Å². The summed E-state index contributed by atoms with van der Waals surface area (Å²) in [5.74, 6) is 0. The van der Waals surface area contributed by atoms with Gasteiger partial charge in [-0.3, -0.25) is 4.98 Å². The fourth-order valence-electron chi connectivity index (χ4n) is 1.70. The summed E-state index contributed by atoms with van der Waals surface area (Å²) >= 11 is 0. The zero-order valence-electron chi connectivity index (χ0n) is 7.22. The van der Waals surface area contributed by atoms with Gasteiger partial charge in [0.2, 0.25) is 0 Å². The number of pyridine rings is 1. The summed E-state index contributed by atoms with van der Waals surface area (Å²) < 4.78 is 2.03. The van der Waals surface area contributed by atoms with Crippen molar-refractivity contribution in [3.05, 3.63) is 18.5 Å². The van der Waals surface area contributed by atoms with Crippen LogP contribution in [0.15, 0.2) is 18.5 Å². The minimum Gasteiger partial charge on any atom is -0.262 e. The minimum atomic E-state index is 0.576. The molecule has 0 amide bonds. The zero-order chi connectivity index (χ0) is 8.67. The van der Waals surface area contributed by atoms with E-state index in [-0.39, 0.29) is 0 Å². The molecule has 66 valence electrons.